The lowest BCUT2D eigenvalue weighted by Gasteiger charge is -2.06. The molecule has 0 amide bonds. The van der Waals surface area contributed by atoms with Gasteiger partial charge in [-0.1, -0.05) is 6.07 Å². The summed E-state index contributed by atoms with van der Waals surface area (Å²) in [7, 11) is 1.64. The molecule has 4 nitrogen and oxygen atoms in total. The standard InChI is InChI=1S/C11H11N3O/c1-15-10-4-2-3-9(7-10)14-11-5-6-12-8-13-11/h2-8H,1H3,(H,12,13,14). The van der Waals surface area contributed by atoms with Crippen molar-refractivity contribution < 1.29 is 4.74 Å². The Bertz CT molecular complexity index is 431. The topological polar surface area (TPSA) is 47.0 Å². The first-order chi connectivity index (χ1) is 7.38. The molecule has 76 valence electrons. The van der Waals surface area contributed by atoms with Crippen LogP contribution >= 0.6 is 0 Å². The Labute approximate surface area is 88.0 Å². The molecule has 2 rings (SSSR count). The van der Waals surface area contributed by atoms with Gasteiger partial charge in [0.15, 0.2) is 0 Å². The van der Waals surface area contributed by atoms with Crippen LogP contribution in [0, 0.1) is 0 Å². The first kappa shape index (κ1) is 9.45. The number of nitrogens with zero attached hydrogens (tertiary/aromatic N) is 2. The van der Waals surface area contributed by atoms with E-state index in [1.807, 2.05) is 24.3 Å². The SMILES string of the molecule is COc1cccc(Nc2ccncn2)c1. The Morgan fingerprint density at radius 2 is 2.20 bits per heavy atom. The summed E-state index contributed by atoms with van der Waals surface area (Å²) in [4.78, 5) is 7.91. The summed E-state index contributed by atoms with van der Waals surface area (Å²) in [5, 5.41) is 3.15. The number of ether oxygens (including phenoxy) is 1. The molecule has 1 N–H and O–H groups in total. The van der Waals surface area contributed by atoms with Crippen LogP contribution in [0.25, 0.3) is 0 Å². The van der Waals surface area contributed by atoms with Gasteiger partial charge in [0, 0.05) is 18.0 Å². The first-order valence-corrected chi connectivity index (χ1v) is 4.55. The summed E-state index contributed by atoms with van der Waals surface area (Å²) in [6.07, 6.45) is 3.19. The van der Waals surface area contributed by atoms with Crippen molar-refractivity contribution >= 4 is 11.5 Å². The van der Waals surface area contributed by atoms with Gasteiger partial charge in [0.25, 0.3) is 0 Å². The molecule has 0 bridgehead atoms. The van der Waals surface area contributed by atoms with Crippen molar-refractivity contribution in [1.82, 2.24) is 9.97 Å². The Balaban J connectivity index is 2.17. The molecule has 0 saturated carbocycles. The lowest BCUT2D eigenvalue weighted by molar-refractivity contribution is 0.415. The number of anilines is 2. The molecule has 0 aliphatic heterocycles. The van der Waals surface area contributed by atoms with Crippen LogP contribution in [0.5, 0.6) is 5.75 Å². The van der Waals surface area contributed by atoms with Gasteiger partial charge in [-0.3, -0.25) is 0 Å². The first-order valence-electron chi connectivity index (χ1n) is 4.55. The molecule has 0 spiro atoms. The minimum atomic E-state index is 0.762. The second kappa shape index (κ2) is 4.41. The highest BCUT2D eigenvalue weighted by molar-refractivity contribution is 5.57. The maximum absolute atomic E-state index is 5.12. The average molecular weight is 201 g/mol. The van der Waals surface area contributed by atoms with E-state index in [1.165, 1.54) is 6.33 Å². The van der Waals surface area contributed by atoms with Crippen LogP contribution in [0.4, 0.5) is 11.5 Å². The van der Waals surface area contributed by atoms with Gasteiger partial charge in [-0.05, 0) is 18.2 Å². The summed E-state index contributed by atoms with van der Waals surface area (Å²) in [5.41, 5.74) is 0.938. The molecule has 0 aliphatic rings. The number of rotatable bonds is 3. The van der Waals surface area contributed by atoms with E-state index in [0.717, 1.165) is 17.3 Å². The maximum Gasteiger partial charge on any atom is 0.133 e. The Kier molecular flexibility index (Phi) is 2.78. The molecule has 15 heavy (non-hydrogen) atoms. The molecule has 0 unspecified atom stereocenters. The summed E-state index contributed by atoms with van der Waals surface area (Å²) >= 11 is 0. The van der Waals surface area contributed by atoms with Crippen molar-refractivity contribution in [1.29, 1.82) is 0 Å². The largest absolute Gasteiger partial charge is 0.497 e. The maximum atomic E-state index is 5.12. The summed E-state index contributed by atoms with van der Waals surface area (Å²) in [5.74, 6) is 1.58. The monoisotopic (exact) mass is 201 g/mol. The fourth-order valence-electron chi connectivity index (χ4n) is 1.21. The molecule has 0 radical (unpaired) electrons. The van der Waals surface area contributed by atoms with Crippen LogP contribution in [0.15, 0.2) is 42.9 Å². The van der Waals surface area contributed by atoms with Crippen LogP contribution in [-0.4, -0.2) is 17.1 Å². The lowest BCUT2D eigenvalue weighted by atomic mass is 10.3. The van der Waals surface area contributed by atoms with Gasteiger partial charge in [0.2, 0.25) is 0 Å². The van der Waals surface area contributed by atoms with Crippen molar-refractivity contribution in [3.05, 3.63) is 42.9 Å². The lowest BCUT2D eigenvalue weighted by Crippen LogP contribution is -1.93. The predicted molar refractivity (Wildman–Crippen MR) is 58.3 cm³/mol. The van der Waals surface area contributed by atoms with E-state index in [0.29, 0.717) is 0 Å². The summed E-state index contributed by atoms with van der Waals surface area (Å²) in [6, 6.07) is 9.47. The zero-order valence-corrected chi connectivity index (χ0v) is 8.34. The molecule has 0 aliphatic carbocycles. The molecule has 1 aromatic heterocycles. The highest BCUT2D eigenvalue weighted by Crippen LogP contribution is 2.19. The van der Waals surface area contributed by atoms with Crippen molar-refractivity contribution in [2.75, 3.05) is 12.4 Å². The highest BCUT2D eigenvalue weighted by Gasteiger charge is 1.96. The fourth-order valence-corrected chi connectivity index (χ4v) is 1.21. The predicted octanol–water partition coefficient (Wildman–Crippen LogP) is 2.23. The van der Waals surface area contributed by atoms with Crippen LogP contribution in [0.3, 0.4) is 0 Å². The van der Waals surface area contributed by atoms with Crippen LogP contribution in [-0.2, 0) is 0 Å². The van der Waals surface area contributed by atoms with Gasteiger partial charge in [-0.15, -0.1) is 0 Å². The van der Waals surface area contributed by atoms with Gasteiger partial charge in [0.05, 0.1) is 7.11 Å². The van der Waals surface area contributed by atoms with Gasteiger partial charge in [-0.25, -0.2) is 9.97 Å². The molecule has 0 fully saturated rings. The van der Waals surface area contributed by atoms with Crippen molar-refractivity contribution in [3.63, 3.8) is 0 Å². The molecule has 0 atom stereocenters. The number of aromatic nitrogens is 2. The van der Waals surface area contributed by atoms with E-state index in [9.17, 15) is 0 Å². The third-order valence-electron chi connectivity index (χ3n) is 1.92. The molecule has 1 heterocycles. The van der Waals surface area contributed by atoms with Crippen LogP contribution in [0.2, 0.25) is 0 Å². The van der Waals surface area contributed by atoms with Crippen molar-refractivity contribution in [2.45, 2.75) is 0 Å². The zero-order chi connectivity index (χ0) is 10.5. The van der Waals surface area contributed by atoms with E-state index in [1.54, 1.807) is 19.4 Å². The Morgan fingerprint density at radius 1 is 1.27 bits per heavy atom. The normalized spacial score (nSPS) is 9.67. The minimum Gasteiger partial charge on any atom is -0.497 e. The zero-order valence-electron chi connectivity index (χ0n) is 8.34. The number of hydrogen-bond donors (Lipinski definition) is 1. The molecule has 1 aromatic carbocycles. The highest BCUT2D eigenvalue weighted by atomic mass is 16.5. The number of nitrogens with one attached hydrogen (secondary N) is 1. The van der Waals surface area contributed by atoms with Gasteiger partial charge >= 0.3 is 0 Å². The molecule has 0 saturated heterocycles. The van der Waals surface area contributed by atoms with Gasteiger partial charge in [-0.2, -0.15) is 0 Å². The molecule has 4 heteroatoms. The smallest absolute Gasteiger partial charge is 0.133 e. The quantitative estimate of drug-likeness (QED) is 0.827. The summed E-state index contributed by atoms with van der Waals surface area (Å²) in [6.45, 7) is 0. The Hall–Kier alpha value is -2.10. The second-order valence-electron chi connectivity index (χ2n) is 2.95. The number of benzene rings is 1. The van der Waals surface area contributed by atoms with Gasteiger partial charge < -0.3 is 10.1 Å². The molecule has 2 aromatic rings. The number of methoxy groups -OCH3 is 1. The van der Waals surface area contributed by atoms with Crippen LogP contribution < -0.4 is 10.1 Å². The summed E-state index contributed by atoms with van der Waals surface area (Å²) < 4.78 is 5.12. The number of hydrogen-bond acceptors (Lipinski definition) is 4. The fraction of sp³-hybridized carbons (Fsp3) is 0.0909. The van der Waals surface area contributed by atoms with Crippen LogP contribution in [0.1, 0.15) is 0 Å². The minimum absolute atomic E-state index is 0.762. The van der Waals surface area contributed by atoms with E-state index in [4.69, 9.17) is 4.74 Å². The van der Waals surface area contributed by atoms with E-state index in [-0.39, 0.29) is 0 Å². The second-order valence-corrected chi connectivity index (χ2v) is 2.95. The molecular formula is C11H11N3O. The van der Waals surface area contributed by atoms with E-state index in [2.05, 4.69) is 15.3 Å². The third kappa shape index (κ3) is 2.43. The van der Waals surface area contributed by atoms with E-state index < -0.39 is 0 Å². The third-order valence-corrected chi connectivity index (χ3v) is 1.92. The van der Waals surface area contributed by atoms with Crippen molar-refractivity contribution in [2.24, 2.45) is 0 Å². The Morgan fingerprint density at radius 3 is 2.93 bits per heavy atom. The van der Waals surface area contributed by atoms with E-state index >= 15 is 0 Å². The van der Waals surface area contributed by atoms with Gasteiger partial charge in [0.1, 0.15) is 17.9 Å². The molecular weight excluding hydrogens is 190 g/mol. The average Bonchev–Trinajstić information content (AvgIpc) is 2.31. The van der Waals surface area contributed by atoms with Crippen molar-refractivity contribution in [3.8, 4) is 5.75 Å².